The van der Waals surface area contributed by atoms with Gasteiger partial charge in [0.25, 0.3) is 0 Å². The second kappa shape index (κ2) is 5.48. The SMILES string of the molecule is Nc1ccc(C(=O)O)c(OCc2ccc3c(c2)CCC3)c1. The van der Waals surface area contributed by atoms with Gasteiger partial charge in [0, 0.05) is 11.8 Å². The van der Waals surface area contributed by atoms with Crippen molar-refractivity contribution in [2.45, 2.75) is 25.9 Å². The number of aryl methyl sites for hydroxylation is 2. The van der Waals surface area contributed by atoms with Gasteiger partial charge in [0.15, 0.2) is 0 Å². The first-order valence-electron chi connectivity index (χ1n) is 7.00. The Morgan fingerprint density at radius 2 is 1.95 bits per heavy atom. The smallest absolute Gasteiger partial charge is 0.339 e. The van der Waals surface area contributed by atoms with E-state index in [1.165, 1.54) is 23.6 Å². The highest BCUT2D eigenvalue weighted by Crippen LogP contribution is 2.25. The number of anilines is 1. The molecule has 4 nitrogen and oxygen atoms in total. The number of rotatable bonds is 4. The maximum atomic E-state index is 11.2. The van der Waals surface area contributed by atoms with Crippen molar-refractivity contribution in [3.05, 3.63) is 58.7 Å². The second-order valence-electron chi connectivity index (χ2n) is 5.31. The minimum Gasteiger partial charge on any atom is -0.488 e. The lowest BCUT2D eigenvalue weighted by Gasteiger charge is -2.11. The summed E-state index contributed by atoms with van der Waals surface area (Å²) in [7, 11) is 0. The molecule has 0 fully saturated rings. The molecule has 2 aromatic carbocycles. The van der Waals surface area contributed by atoms with Gasteiger partial charge < -0.3 is 15.6 Å². The third-order valence-corrected chi connectivity index (χ3v) is 3.79. The quantitative estimate of drug-likeness (QED) is 0.846. The molecule has 0 unspecified atom stereocenters. The maximum Gasteiger partial charge on any atom is 0.339 e. The summed E-state index contributed by atoms with van der Waals surface area (Å²) in [6.45, 7) is 0.344. The molecule has 0 heterocycles. The number of ether oxygens (including phenoxy) is 1. The van der Waals surface area contributed by atoms with Gasteiger partial charge in [-0.15, -0.1) is 0 Å². The molecule has 0 saturated heterocycles. The van der Waals surface area contributed by atoms with Crippen LogP contribution in [0.3, 0.4) is 0 Å². The Kier molecular flexibility index (Phi) is 3.52. The minimum absolute atomic E-state index is 0.130. The van der Waals surface area contributed by atoms with E-state index in [0.717, 1.165) is 18.4 Å². The van der Waals surface area contributed by atoms with Gasteiger partial charge in [0.1, 0.15) is 17.9 Å². The largest absolute Gasteiger partial charge is 0.488 e. The van der Waals surface area contributed by atoms with Crippen molar-refractivity contribution in [1.82, 2.24) is 0 Å². The van der Waals surface area contributed by atoms with E-state index in [4.69, 9.17) is 15.6 Å². The number of carboxylic acids is 1. The minimum atomic E-state index is -1.01. The lowest BCUT2D eigenvalue weighted by molar-refractivity contribution is 0.0692. The van der Waals surface area contributed by atoms with Gasteiger partial charge in [0.2, 0.25) is 0 Å². The topological polar surface area (TPSA) is 72.6 Å². The predicted molar refractivity (Wildman–Crippen MR) is 80.6 cm³/mol. The second-order valence-corrected chi connectivity index (χ2v) is 5.31. The van der Waals surface area contributed by atoms with Gasteiger partial charge in [-0.2, -0.15) is 0 Å². The number of nitrogen functional groups attached to an aromatic ring is 1. The Labute approximate surface area is 123 Å². The maximum absolute atomic E-state index is 11.2. The number of benzene rings is 2. The molecule has 0 amide bonds. The summed E-state index contributed by atoms with van der Waals surface area (Å²) in [5.41, 5.74) is 10.2. The Morgan fingerprint density at radius 3 is 2.76 bits per heavy atom. The summed E-state index contributed by atoms with van der Waals surface area (Å²) in [5, 5.41) is 9.16. The van der Waals surface area contributed by atoms with E-state index in [0.29, 0.717) is 18.0 Å². The van der Waals surface area contributed by atoms with E-state index < -0.39 is 5.97 Å². The standard InChI is InChI=1S/C17H17NO3/c18-14-6-7-15(17(19)20)16(9-14)21-10-11-4-5-12-2-1-3-13(12)8-11/h4-9H,1-3,10,18H2,(H,19,20). The van der Waals surface area contributed by atoms with Crippen molar-refractivity contribution in [2.24, 2.45) is 0 Å². The van der Waals surface area contributed by atoms with Crippen LogP contribution in [0.5, 0.6) is 5.75 Å². The van der Waals surface area contributed by atoms with Crippen molar-refractivity contribution in [1.29, 1.82) is 0 Å². The summed E-state index contributed by atoms with van der Waals surface area (Å²) in [4.78, 5) is 11.2. The third kappa shape index (κ3) is 2.84. The predicted octanol–water partition coefficient (Wildman–Crippen LogP) is 3.03. The van der Waals surface area contributed by atoms with Gasteiger partial charge in [-0.3, -0.25) is 0 Å². The molecular weight excluding hydrogens is 266 g/mol. The number of fused-ring (bicyclic) bond motifs is 1. The molecule has 0 spiro atoms. The van der Waals surface area contributed by atoms with Crippen LogP contribution in [0.1, 0.15) is 33.5 Å². The summed E-state index contributed by atoms with van der Waals surface area (Å²) >= 11 is 0. The zero-order chi connectivity index (χ0) is 14.8. The van der Waals surface area contributed by atoms with Crippen LogP contribution in [0.25, 0.3) is 0 Å². The fourth-order valence-corrected chi connectivity index (χ4v) is 2.71. The Morgan fingerprint density at radius 1 is 1.14 bits per heavy atom. The fourth-order valence-electron chi connectivity index (χ4n) is 2.71. The van der Waals surface area contributed by atoms with Crippen LogP contribution < -0.4 is 10.5 Å². The molecule has 0 bridgehead atoms. The molecule has 0 aliphatic heterocycles. The van der Waals surface area contributed by atoms with E-state index >= 15 is 0 Å². The van der Waals surface area contributed by atoms with Crippen molar-refractivity contribution < 1.29 is 14.6 Å². The van der Waals surface area contributed by atoms with Crippen LogP contribution in [0.4, 0.5) is 5.69 Å². The number of carbonyl (C=O) groups is 1. The molecule has 2 aromatic rings. The zero-order valence-corrected chi connectivity index (χ0v) is 11.6. The van der Waals surface area contributed by atoms with Gasteiger partial charge >= 0.3 is 5.97 Å². The van der Waals surface area contributed by atoms with E-state index in [1.807, 2.05) is 6.07 Å². The molecule has 4 heteroatoms. The number of hydrogen-bond acceptors (Lipinski definition) is 3. The molecule has 0 saturated carbocycles. The lowest BCUT2D eigenvalue weighted by Crippen LogP contribution is -2.04. The molecule has 3 N–H and O–H groups in total. The van der Waals surface area contributed by atoms with Crippen LogP contribution in [0.15, 0.2) is 36.4 Å². The van der Waals surface area contributed by atoms with E-state index in [1.54, 1.807) is 12.1 Å². The first-order valence-corrected chi connectivity index (χ1v) is 7.00. The average molecular weight is 283 g/mol. The first-order chi connectivity index (χ1) is 10.1. The van der Waals surface area contributed by atoms with Gasteiger partial charge in [-0.25, -0.2) is 4.79 Å². The van der Waals surface area contributed by atoms with Crippen LogP contribution in [0.2, 0.25) is 0 Å². The van der Waals surface area contributed by atoms with E-state index in [-0.39, 0.29) is 5.56 Å². The summed E-state index contributed by atoms with van der Waals surface area (Å²) in [6, 6.07) is 10.9. The molecule has 0 aromatic heterocycles. The van der Waals surface area contributed by atoms with Crippen molar-refractivity contribution in [2.75, 3.05) is 5.73 Å². The molecule has 108 valence electrons. The van der Waals surface area contributed by atoms with Gasteiger partial charge in [0.05, 0.1) is 0 Å². The molecule has 1 aliphatic carbocycles. The zero-order valence-electron chi connectivity index (χ0n) is 11.6. The van der Waals surface area contributed by atoms with Crippen molar-refractivity contribution in [3.63, 3.8) is 0 Å². The van der Waals surface area contributed by atoms with Gasteiger partial charge in [-0.05, 0) is 48.1 Å². The first kappa shape index (κ1) is 13.5. The number of hydrogen-bond donors (Lipinski definition) is 2. The van der Waals surface area contributed by atoms with E-state index in [2.05, 4.69) is 12.1 Å². The van der Waals surface area contributed by atoms with Crippen LogP contribution in [-0.4, -0.2) is 11.1 Å². The molecular formula is C17H17NO3. The third-order valence-electron chi connectivity index (χ3n) is 3.79. The Bertz CT molecular complexity index is 694. The average Bonchev–Trinajstić information content (AvgIpc) is 2.92. The highest BCUT2D eigenvalue weighted by molar-refractivity contribution is 5.91. The molecule has 21 heavy (non-hydrogen) atoms. The normalized spacial score (nSPS) is 13.0. The number of nitrogens with two attached hydrogens (primary N) is 1. The van der Waals surface area contributed by atoms with E-state index in [9.17, 15) is 4.79 Å². The lowest BCUT2D eigenvalue weighted by atomic mass is 10.1. The highest BCUT2D eigenvalue weighted by atomic mass is 16.5. The molecule has 0 radical (unpaired) electrons. The van der Waals surface area contributed by atoms with Gasteiger partial charge in [-0.1, -0.05) is 18.2 Å². The van der Waals surface area contributed by atoms with Crippen LogP contribution in [0, 0.1) is 0 Å². The number of carboxylic acid groups (broad SMARTS) is 1. The summed E-state index contributed by atoms with van der Waals surface area (Å²) in [6.07, 6.45) is 3.47. The molecule has 3 rings (SSSR count). The number of aromatic carboxylic acids is 1. The monoisotopic (exact) mass is 283 g/mol. The van der Waals surface area contributed by atoms with Crippen LogP contribution in [-0.2, 0) is 19.4 Å². The molecule has 1 aliphatic rings. The Hall–Kier alpha value is -2.49. The van der Waals surface area contributed by atoms with Crippen molar-refractivity contribution >= 4 is 11.7 Å². The summed E-state index contributed by atoms with van der Waals surface area (Å²) in [5.74, 6) is -0.707. The Balaban J connectivity index is 1.78. The van der Waals surface area contributed by atoms with Crippen molar-refractivity contribution in [3.8, 4) is 5.75 Å². The molecule has 0 atom stereocenters. The fraction of sp³-hybridized carbons (Fsp3) is 0.235. The summed E-state index contributed by atoms with van der Waals surface area (Å²) < 4.78 is 5.66. The van der Waals surface area contributed by atoms with Crippen LogP contribution >= 0.6 is 0 Å². The highest BCUT2D eigenvalue weighted by Gasteiger charge is 2.13.